The molecule has 2 amide bonds. The number of hydrogen-bond acceptors (Lipinski definition) is 6. The molecule has 8 heteroatoms. The molecule has 28 heavy (non-hydrogen) atoms. The molecule has 0 aliphatic rings. The van der Waals surface area contributed by atoms with Gasteiger partial charge in [-0.3, -0.25) is 9.59 Å². The second-order valence-corrected chi connectivity index (χ2v) is 5.82. The third kappa shape index (κ3) is 4.89. The molecule has 1 heterocycles. The number of benzene rings is 2. The summed E-state index contributed by atoms with van der Waals surface area (Å²) in [7, 11) is 0. The normalized spacial score (nSPS) is 9.86. The van der Waals surface area contributed by atoms with E-state index in [2.05, 4.69) is 25.9 Å². The van der Waals surface area contributed by atoms with Gasteiger partial charge in [0.1, 0.15) is 17.8 Å². The van der Waals surface area contributed by atoms with Gasteiger partial charge in [0.2, 0.25) is 5.91 Å². The van der Waals surface area contributed by atoms with E-state index < -0.39 is 5.91 Å². The largest absolute Gasteiger partial charge is 0.340 e. The fourth-order valence-electron chi connectivity index (χ4n) is 2.40. The van der Waals surface area contributed by atoms with Crippen LogP contribution >= 0.6 is 0 Å². The predicted molar refractivity (Wildman–Crippen MR) is 105 cm³/mol. The lowest BCUT2D eigenvalue weighted by atomic mass is 10.2. The van der Waals surface area contributed by atoms with Crippen LogP contribution in [-0.4, -0.2) is 21.8 Å². The Balaban J connectivity index is 1.72. The van der Waals surface area contributed by atoms with Crippen LogP contribution in [-0.2, 0) is 4.79 Å². The van der Waals surface area contributed by atoms with Crippen molar-refractivity contribution in [3.63, 3.8) is 0 Å². The van der Waals surface area contributed by atoms with Crippen LogP contribution in [0.4, 0.5) is 22.9 Å². The molecule has 0 fully saturated rings. The van der Waals surface area contributed by atoms with E-state index in [1.54, 1.807) is 42.5 Å². The van der Waals surface area contributed by atoms with Crippen molar-refractivity contribution in [1.82, 2.24) is 9.97 Å². The first kappa shape index (κ1) is 18.5. The number of anilines is 4. The molecule has 2 aromatic carbocycles. The van der Waals surface area contributed by atoms with E-state index in [0.29, 0.717) is 28.4 Å². The van der Waals surface area contributed by atoms with Crippen molar-refractivity contribution < 1.29 is 9.59 Å². The van der Waals surface area contributed by atoms with Crippen LogP contribution in [0.25, 0.3) is 0 Å². The van der Waals surface area contributed by atoms with Gasteiger partial charge in [-0.15, -0.1) is 0 Å². The number of aromatic nitrogens is 2. The third-order valence-electron chi connectivity index (χ3n) is 3.63. The maximum Gasteiger partial charge on any atom is 0.274 e. The summed E-state index contributed by atoms with van der Waals surface area (Å²) in [5, 5.41) is 17.3. The Hall–Kier alpha value is -4.25. The van der Waals surface area contributed by atoms with Crippen molar-refractivity contribution in [2.75, 3.05) is 16.0 Å². The minimum absolute atomic E-state index is 0.166. The average Bonchev–Trinajstić information content (AvgIpc) is 2.68. The quantitative estimate of drug-likeness (QED) is 0.632. The first-order chi connectivity index (χ1) is 13.5. The number of amides is 2. The van der Waals surface area contributed by atoms with Crippen molar-refractivity contribution >= 4 is 34.7 Å². The Morgan fingerprint density at radius 2 is 1.68 bits per heavy atom. The van der Waals surface area contributed by atoms with Crippen molar-refractivity contribution in [2.24, 2.45) is 0 Å². The van der Waals surface area contributed by atoms with Crippen molar-refractivity contribution in [1.29, 1.82) is 5.26 Å². The fraction of sp³-hybridized carbons (Fsp3) is 0.0500. The van der Waals surface area contributed by atoms with E-state index in [4.69, 9.17) is 5.26 Å². The molecular weight excluding hydrogens is 356 g/mol. The van der Waals surface area contributed by atoms with Gasteiger partial charge in [0, 0.05) is 30.1 Å². The predicted octanol–water partition coefficient (Wildman–Crippen LogP) is 3.30. The minimum atomic E-state index is -0.401. The monoisotopic (exact) mass is 372 g/mol. The van der Waals surface area contributed by atoms with Crippen LogP contribution in [0, 0.1) is 11.3 Å². The summed E-state index contributed by atoms with van der Waals surface area (Å²) in [6.07, 6.45) is 1.29. The zero-order chi connectivity index (χ0) is 19.9. The number of nitrogens with zero attached hydrogens (tertiary/aromatic N) is 3. The van der Waals surface area contributed by atoms with Gasteiger partial charge in [-0.05, 0) is 42.5 Å². The molecule has 3 N–H and O–H groups in total. The van der Waals surface area contributed by atoms with Crippen LogP contribution in [0.2, 0.25) is 0 Å². The Morgan fingerprint density at radius 1 is 0.929 bits per heavy atom. The zero-order valence-electron chi connectivity index (χ0n) is 14.9. The highest BCUT2D eigenvalue weighted by Crippen LogP contribution is 2.19. The van der Waals surface area contributed by atoms with E-state index in [1.165, 1.54) is 19.3 Å². The maximum absolute atomic E-state index is 12.4. The summed E-state index contributed by atoms with van der Waals surface area (Å²) in [4.78, 5) is 31.7. The third-order valence-corrected chi connectivity index (χ3v) is 3.63. The molecule has 0 saturated heterocycles. The van der Waals surface area contributed by atoms with Crippen molar-refractivity contribution in [3.8, 4) is 6.07 Å². The van der Waals surface area contributed by atoms with Crippen molar-refractivity contribution in [3.05, 3.63) is 72.2 Å². The van der Waals surface area contributed by atoms with Gasteiger partial charge in [-0.2, -0.15) is 5.26 Å². The summed E-state index contributed by atoms with van der Waals surface area (Å²) in [6, 6.07) is 17.2. The first-order valence-corrected chi connectivity index (χ1v) is 8.32. The summed E-state index contributed by atoms with van der Waals surface area (Å²) in [5.74, 6) is -0.136. The second-order valence-electron chi connectivity index (χ2n) is 5.82. The molecule has 138 valence electrons. The molecule has 3 aromatic rings. The van der Waals surface area contributed by atoms with E-state index in [0.717, 1.165) is 0 Å². The highest BCUT2D eigenvalue weighted by atomic mass is 16.2. The van der Waals surface area contributed by atoms with Crippen LogP contribution in [0.1, 0.15) is 23.0 Å². The van der Waals surface area contributed by atoms with Gasteiger partial charge in [0.15, 0.2) is 0 Å². The zero-order valence-corrected chi connectivity index (χ0v) is 14.9. The summed E-state index contributed by atoms with van der Waals surface area (Å²) < 4.78 is 0. The van der Waals surface area contributed by atoms with E-state index in [1.807, 2.05) is 12.1 Å². The lowest BCUT2D eigenvalue weighted by Gasteiger charge is -2.09. The highest BCUT2D eigenvalue weighted by Gasteiger charge is 2.10. The molecule has 0 aliphatic carbocycles. The summed E-state index contributed by atoms with van der Waals surface area (Å²) in [6.45, 7) is 1.43. The second kappa shape index (κ2) is 8.42. The molecule has 1 aromatic heterocycles. The molecule has 0 aliphatic heterocycles. The van der Waals surface area contributed by atoms with Crippen LogP contribution in [0.3, 0.4) is 0 Å². The van der Waals surface area contributed by atoms with Crippen LogP contribution < -0.4 is 16.0 Å². The fourth-order valence-corrected chi connectivity index (χ4v) is 2.40. The number of nitriles is 1. The Kier molecular flexibility index (Phi) is 5.58. The molecular formula is C20H16N6O2. The molecule has 0 radical (unpaired) electrons. The maximum atomic E-state index is 12.4. The molecule has 8 nitrogen and oxygen atoms in total. The number of carbonyl (C=O) groups is 2. The van der Waals surface area contributed by atoms with Crippen LogP contribution in [0.5, 0.6) is 0 Å². The van der Waals surface area contributed by atoms with E-state index in [-0.39, 0.29) is 11.6 Å². The summed E-state index contributed by atoms with van der Waals surface area (Å²) in [5.41, 5.74) is 2.58. The topological polar surface area (TPSA) is 120 Å². The lowest BCUT2D eigenvalue weighted by Crippen LogP contribution is -2.14. The smallest absolute Gasteiger partial charge is 0.274 e. The number of carbonyl (C=O) groups excluding carboxylic acids is 2. The van der Waals surface area contributed by atoms with Crippen LogP contribution in [0.15, 0.2) is 60.9 Å². The Bertz CT molecular complexity index is 1060. The standard InChI is InChI=1S/C20H16N6O2/c1-13(27)24-16-3-2-4-17(9-16)25-19-10-18(22-12-23-19)20(28)26-15-7-5-14(11-21)6-8-15/h2-10,12H,1H3,(H,24,27)(H,26,28)(H,22,23,25). The van der Waals surface area contributed by atoms with Gasteiger partial charge < -0.3 is 16.0 Å². The van der Waals surface area contributed by atoms with Gasteiger partial charge in [0.05, 0.1) is 11.6 Å². The molecule has 3 rings (SSSR count). The van der Waals surface area contributed by atoms with E-state index >= 15 is 0 Å². The average molecular weight is 372 g/mol. The van der Waals surface area contributed by atoms with Gasteiger partial charge >= 0.3 is 0 Å². The molecule has 0 saturated carbocycles. The number of nitrogens with one attached hydrogen (secondary N) is 3. The van der Waals surface area contributed by atoms with Gasteiger partial charge in [-0.25, -0.2) is 9.97 Å². The van der Waals surface area contributed by atoms with E-state index in [9.17, 15) is 9.59 Å². The first-order valence-electron chi connectivity index (χ1n) is 8.32. The Morgan fingerprint density at radius 3 is 2.39 bits per heavy atom. The summed E-state index contributed by atoms with van der Waals surface area (Å²) >= 11 is 0. The lowest BCUT2D eigenvalue weighted by molar-refractivity contribution is -0.114. The SMILES string of the molecule is CC(=O)Nc1cccc(Nc2cc(C(=O)Nc3ccc(C#N)cc3)ncn2)c1. The van der Waals surface area contributed by atoms with Gasteiger partial charge in [0.25, 0.3) is 5.91 Å². The Labute approximate surface area is 161 Å². The molecule has 0 atom stereocenters. The minimum Gasteiger partial charge on any atom is -0.340 e. The molecule has 0 unspecified atom stereocenters. The number of hydrogen-bond donors (Lipinski definition) is 3. The molecule has 0 bridgehead atoms. The molecule has 0 spiro atoms. The van der Waals surface area contributed by atoms with Gasteiger partial charge in [-0.1, -0.05) is 6.07 Å². The van der Waals surface area contributed by atoms with Crippen molar-refractivity contribution in [2.45, 2.75) is 6.92 Å². The number of rotatable bonds is 5. The highest BCUT2D eigenvalue weighted by molar-refractivity contribution is 6.03.